The molecule has 158 valence electrons. The number of alkyl halides is 2. The first-order chi connectivity index (χ1) is 13.4. The fraction of sp³-hybridized carbons (Fsp3) is 0.316. The van der Waals surface area contributed by atoms with Gasteiger partial charge in [-0.15, -0.1) is 0 Å². The van der Waals surface area contributed by atoms with Crippen molar-refractivity contribution in [3.05, 3.63) is 58.6 Å². The number of carbonyl (C=O) groups excluding carboxylic acids is 1. The second-order valence-corrected chi connectivity index (χ2v) is 9.23. The van der Waals surface area contributed by atoms with Crippen molar-refractivity contribution in [2.24, 2.45) is 0 Å². The Balaban J connectivity index is 2.21. The van der Waals surface area contributed by atoms with Crippen LogP contribution < -0.4 is 14.8 Å². The zero-order valence-electron chi connectivity index (χ0n) is 16.0. The zero-order valence-corrected chi connectivity index (χ0v) is 17.6. The van der Waals surface area contributed by atoms with Crippen LogP contribution in [0.2, 0.25) is 5.02 Å². The molecule has 1 amide bonds. The molecule has 0 unspecified atom stereocenters. The van der Waals surface area contributed by atoms with Gasteiger partial charge in [-0.25, -0.2) is 13.1 Å². The predicted octanol–water partition coefficient (Wildman–Crippen LogP) is 3.95. The highest BCUT2D eigenvalue weighted by Gasteiger charge is 2.25. The maximum Gasteiger partial charge on any atom is 0.387 e. The third kappa shape index (κ3) is 6.66. The van der Waals surface area contributed by atoms with Gasteiger partial charge in [0.05, 0.1) is 5.02 Å². The zero-order chi connectivity index (χ0) is 21.8. The molecular formula is C19H21ClF2N2O4S. The smallest absolute Gasteiger partial charge is 0.387 e. The van der Waals surface area contributed by atoms with Gasteiger partial charge in [-0.3, -0.25) is 4.79 Å². The Morgan fingerprint density at radius 3 is 2.45 bits per heavy atom. The Hall–Kier alpha value is -2.23. The summed E-state index contributed by atoms with van der Waals surface area (Å²) < 4.78 is 57.0. The topological polar surface area (TPSA) is 84.5 Å². The molecule has 0 atom stereocenters. The number of hydrogen-bond donors (Lipinski definition) is 2. The molecule has 2 N–H and O–H groups in total. The number of halogens is 3. The maximum atomic E-state index is 12.6. The Morgan fingerprint density at radius 1 is 1.17 bits per heavy atom. The Labute approximate surface area is 173 Å². The first kappa shape index (κ1) is 23.1. The summed E-state index contributed by atoms with van der Waals surface area (Å²) in [6.45, 7) is 1.94. The van der Waals surface area contributed by atoms with Gasteiger partial charge in [0.1, 0.15) is 10.6 Å². The molecule has 0 aliphatic rings. The van der Waals surface area contributed by atoms with E-state index in [1.54, 1.807) is 26.8 Å². The SMILES string of the molecule is CC(C)(C)NS(=O)(=O)c1cc(C(=O)NCc2ccccc2OC(F)F)ccc1Cl. The molecule has 0 saturated carbocycles. The Morgan fingerprint density at radius 2 is 1.83 bits per heavy atom. The third-order valence-electron chi connectivity index (χ3n) is 3.55. The highest BCUT2D eigenvalue weighted by atomic mass is 35.5. The average molecular weight is 447 g/mol. The molecule has 0 saturated heterocycles. The summed E-state index contributed by atoms with van der Waals surface area (Å²) in [6.07, 6.45) is 0. The van der Waals surface area contributed by atoms with Crippen LogP contribution in [0.3, 0.4) is 0 Å². The summed E-state index contributed by atoms with van der Waals surface area (Å²) in [5.41, 5.74) is -0.345. The number of amides is 1. The standard InChI is InChI=1S/C19H21ClF2N2O4S/c1-19(2,3)24-29(26,27)16-10-12(8-9-14(16)20)17(25)23-11-13-6-4-5-7-15(13)28-18(21)22/h4-10,18,24H,11H2,1-3H3,(H,23,25). The van der Waals surface area contributed by atoms with Crippen molar-refractivity contribution in [2.45, 2.75) is 44.4 Å². The minimum absolute atomic E-state index is 0.0334. The predicted molar refractivity (Wildman–Crippen MR) is 106 cm³/mol. The highest BCUT2D eigenvalue weighted by Crippen LogP contribution is 2.24. The van der Waals surface area contributed by atoms with Crippen molar-refractivity contribution in [1.82, 2.24) is 10.0 Å². The number of rotatable bonds is 7. The summed E-state index contributed by atoms with van der Waals surface area (Å²) in [5.74, 6) is -0.655. The Kier molecular flexibility index (Phi) is 7.20. The van der Waals surface area contributed by atoms with Crippen molar-refractivity contribution < 1.29 is 26.7 Å². The van der Waals surface area contributed by atoms with E-state index in [-0.39, 0.29) is 27.8 Å². The highest BCUT2D eigenvalue weighted by molar-refractivity contribution is 7.89. The van der Waals surface area contributed by atoms with Crippen molar-refractivity contribution in [3.8, 4) is 5.75 Å². The quantitative estimate of drug-likeness (QED) is 0.674. The lowest BCUT2D eigenvalue weighted by Crippen LogP contribution is -2.40. The van der Waals surface area contributed by atoms with Gasteiger partial charge in [0.2, 0.25) is 10.0 Å². The molecule has 2 aromatic rings. The van der Waals surface area contributed by atoms with Gasteiger partial charge < -0.3 is 10.1 Å². The molecule has 0 aliphatic carbocycles. The summed E-state index contributed by atoms with van der Waals surface area (Å²) in [6, 6.07) is 9.87. The van der Waals surface area contributed by atoms with E-state index in [2.05, 4.69) is 14.8 Å². The summed E-state index contributed by atoms with van der Waals surface area (Å²) >= 11 is 6.02. The molecule has 0 spiro atoms. The van der Waals surface area contributed by atoms with Crippen LogP contribution in [0.4, 0.5) is 8.78 Å². The number of carbonyl (C=O) groups is 1. The van der Waals surface area contributed by atoms with Gasteiger partial charge in [0.15, 0.2) is 0 Å². The molecule has 0 heterocycles. The average Bonchev–Trinajstić information content (AvgIpc) is 2.58. The molecule has 10 heteroatoms. The van der Waals surface area contributed by atoms with Crippen molar-refractivity contribution >= 4 is 27.5 Å². The lowest BCUT2D eigenvalue weighted by atomic mass is 10.1. The van der Waals surface area contributed by atoms with Crippen LogP contribution in [-0.2, 0) is 16.6 Å². The van der Waals surface area contributed by atoms with Crippen molar-refractivity contribution in [2.75, 3.05) is 0 Å². The molecule has 0 bridgehead atoms. The molecule has 0 fully saturated rings. The van der Waals surface area contributed by atoms with Crippen molar-refractivity contribution in [1.29, 1.82) is 0 Å². The van der Waals surface area contributed by atoms with Crippen LogP contribution in [-0.4, -0.2) is 26.5 Å². The normalized spacial score (nSPS) is 12.1. The van der Waals surface area contributed by atoms with Gasteiger partial charge in [-0.1, -0.05) is 29.8 Å². The van der Waals surface area contributed by atoms with E-state index < -0.39 is 28.1 Å². The van der Waals surface area contributed by atoms with Crippen molar-refractivity contribution in [3.63, 3.8) is 0 Å². The number of ether oxygens (including phenoxy) is 1. The summed E-state index contributed by atoms with van der Waals surface area (Å²) in [4.78, 5) is 12.2. The number of benzene rings is 2. The molecule has 0 aliphatic heterocycles. The van der Waals surface area contributed by atoms with Crippen LogP contribution in [0.1, 0.15) is 36.7 Å². The number of nitrogens with one attached hydrogen (secondary N) is 2. The molecule has 2 rings (SSSR count). The minimum Gasteiger partial charge on any atom is -0.434 e. The van der Waals surface area contributed by atoms with E-state index in [0.717, 1.165) is 6.07 Å². The van der Waals surface area contributed by atoms with E-state index in [9.17, 15) is 22.0 Å². The van der Waals surface area contributed by atoms with Crippen LogP contribution >= 0.6 is 11.6 Å². The fourth-order valence-corrected chi connectivity index (χ4v) is 4.39. The van der Waals surface area contributed by atoms with E-state index in [1.165, 1.54) is 30.3 Å². The minimum atomic E-state index is -3.96. The van der Waals surface area contributed by atoms with E-state index in [4.69, 9.17) is 11.6 Å². The molecule has 0 radical (unpaired) electrons. The van der Waals surface area contributed by atoms with E-state index in [1.807, 2.05) is 0 Å². The second kappa shape index (κ2) is 9.06. The maximum absolute atomic E-state index is 12.6. The first-order valence-electron chi connectivity index (χ1n) is 8.53. The molecule has 2 aromatic carbocycles. The molecule has 29 heavy (non-hydrogen) atoms. The van der Waals surface area contributed by atoms with E-state index >= 15 is 0 Å². The number of para-hydroxylation sites is 1. The lowest BCUT2D eigenvalue weighted by molar-refractivity contribution is -0.0504. The first-order valence-corrected chi connectivity index (χ1v) is 10.4. The van der Waals surface area contributed by atoms with E-state index in [0.29, 0.717) is 5.56 Å². The van der Waals surface area contributed by atoms with Gasteiger partial charge in [-0.2, -0.15) is 8.78 Å². The number of hydrogen-bond acceptors (Lipinski definition) is 4. The van der Waals surface area contributed by atoms with Gasteiger partial charge >= 0.3 is 6.61 Å². The van der Waals surface area contributed by atoms with Crippen LogP contribution in [0.25, 0.3) is 0 Å². The second-order valence-electron chi connectivity index (χ2n) is 7.17. The van der Waals surface area contributed by atoms with Gasteiger partial charge in [-0.05, 0) is 45.0 Å². The molecule has 0 aromatic heterocycles. The summed E-state index contributed by atoms with van der Waals surface area (Å²) in [7, 11) is -3.96. The lowest BCUT2D eigenvalue weighted by Gasteiger charge is -2.21. The monoisotopic (exact) mass is 446 g/mol. The molecule has 6 nitrogen and oxygen atoms in total. The largest absolute Gasteiger partial charge is 0.434 e. The van der Waals surface area contributed by atoms with Crippen LogP contribution in [0, 0.1) is 0 Å². The van der Waals surface area contributed by atoms with Crippen LogP contribution in [0.5, 0.6) is 5.75 Å². The third-order valence-corrected chi connectivity index (χ3v) is 5.79. The van der Waals surface area contributed by atoms with Gasteiger partial charge in [0, 0.05) is 23.2 Å². The van der Waals surface area contributed by atoms with Gasteiger partial charge in [0.25, 0.3) is 5.91 Å². The summed E-state index contributed by atoms with van der Waals surface area (Å²) in [5, 5.41) is 2.52. The molecular weight excluding hydrogens is 426 g/mol. The van der Waals surface area contributed by atoms with Crippen LogP contribution in [0.15, 0.2) is 47.4 Å². The number of sulfonamides is 1. The fourth-order valence-electron chi connectivity index (χ4n) is 2.45. The Bertz CT molecular complexity index is 992.